The number of likely N-dealkylation sites (tertiary alicyclic amines) is 1. The monoisotopic (exact) mass is 515 g/mol. The number of nitrogens with one attached hydrogen (secondary N) is 1. The summed E-state index contributed by atoms with van der Waals surface area (Å²) in [6.07, 6.45) is 2.35. The predicted molar refractivity (Wildman–Crippen MR) is 130 cm³/mol. The fourth-order valence-electron chi connectivity index (χ4n) is 3.76. The predicted octanol–water partition coefficient (Wildman–Crippen LogP) is 4.59. The van der Waals surface area contributed by atoms with Crippen LogP contribution in [0.15, 0.2) is 29.3 Å². The van der Waals surface area contributed by atoms with Crippen molar-refractivity contribution in [2.45, 2.75) is 72.3 Å². The van der Waals surface area contributed by atoms with Crippen LogP contribution in [-0.2, 0) is 22.6 Å². The molecule has 3 rings (SSSR count). The van der Waals surface area contributed by atoms with Gasteiger partial charge in [-0.15, -0.1) is 24.0 Å². The molecule has 0 amide bonds. The zero-order valence-corrected chi connectivity index (χ0v) is 21.0. The normalized spacial score (nSPS) is 21.3. The smallest absolute Gasteiger partial charge is 0.194 e. The lowest BCUT2D eigenvalue weighted by molar-refractivity contribution is -0.0667. The fourth-order valence-corrected chi connectivity index (χ4v) is 3.76. The first-order chi connectivity index (χ1) is 13.3. The van der Waals surface area contributed by atoms with Gasteiger partial charge in [-0.25, -0.2) is 4.99 Å². The first-order valence-corrected chi connectivity index (χ1v) is 10.7. The highest BCUT2D eigenvalue weighted by atomic mass is 127. The van der Waals surface area contributed by atoms with Crippen LogP contribution in [0.4, 0.5) is 0 Å². The Morgan fingerprint density at radius 3 is 2.31 bits per heavy atom. The third-order valence-electron chi connectivity index (χ3n) is 6.56. The number of nitrogens with zero attached hydrogens (tertiary/aromatic N) is 2. The molecule has 1 aromatic rings. The highest BCUT2D eigenvalue weighted by Crippen LogP contribution is 2.46. The van der Waals surface area contributed by atoms with Crippen molar-refractivity contribution in [2.75, 3.05) is 26.3 Å². The summed E-state index contributed by atoms with van der Waals surface area (Å²) in [7, 11) is 0. The Balaban J connectivity index is 0.00000300. The fraction of sp³-hybridized carbons (Fsp3) is 0.696. The van der Waals surface area contributed by atoms with Gasteiger partial charge in [-0.1, -0.05) is 38.1 Å². The van der Waals surface area contributed by atoms with Crippen LogP contribution in [0.5, 0.6) is 0 Å². The minimum Gasteiger partial charge on any atom is -0.381 e. The summed E-state index contributed by atoms with van der Waals surface area (Å²) in [6, 6.07) is 8.66. The van der Waals surface area contributed by atoms with Gasteiger partial charge in [0.2, 0.25) is 0 Å². The number of halogens is 1. The number of aliphatic imine (C=N–C) groups is 1. The maximum atomic E-state index is 6.01. The third kappa shape index (κ3) is 5.85. The summed E-state index contributed by atoms with van der Waals surface area (Å²) in [4.78, 5) is 7.30. The van der Waals surface area contributed by atoms with Crippen LogP contribution in [0, 0.1) is 5.41 Å². The Kier molecular flexibility index (Phi) is 8.79. The summed E-state index contributed by atoms with van der Waals surface area (Å²) in [5, 5.41) is 3.46. The molecule has 0 spiro atoms. The van der Waals surface area contributed by atoms with Crippen molar-refractivity contribution >= 4 is 29.9 Å². The second-order valence-corrected chi connectivity index (χ2v) is 9.14. The first-order valence-electron chi connectivity index (χ1n) is 10.7. The molecule has 0 aromatic heterocycles. The van der Waals surface area contributed by atoms with Crippen molar-refractivity contribution in [2.24, 2.45) is 10.4 Å². The van der Waals surface area contributed by atoms with E-state index in [4.69, 9.17) is 14.5 Å². The Morgan fingerprint density at radius 2 is 1.76 bits per heavy atom. The van der Waals surface area contributed by atoms with Crippen LogP contribution in [0.2, 0.25) is 0 Å². The summed E-state index contributed by atoms with van der Waals surface area (Å²) >= 11 is 0. The van der Waals surface area contributed by atoms with Crippen molar-refractivity contribution < 1.29 is 9.47 Å². The van der Waals surface area contributed by atoms with Gasteiger partial charge >= 0.3 is 0 Å². The lowest BCUT2D eigenvalue weighted by atomic mass is 9.65. The van der Waals surface area contributed by atoms with E-state index in [2.05, 4.69) is 69.1 Å². The van der Waals surface area contributed by atoms with Gasteiger partial charge in [-0.2, -0.15) is 0 Å². The molecular weight excluding hydrogens is 477 g/mol. The Bertz CT molecular complexity index is 667. The molecule has 5 nitrogen and oxygen atoms in total. The van der Waals surface area contributed by atoms with E-state index in [1.807, 2.05) is 0 Å². The number of benzene rings is 1. The van der Waals surface area contributed by atoms with Crippen LogP contribution in [0.1, 0.15) is 58.6 Å². The van der Waals surface area contributed by atoms with Crippen LogP contribution in [0.3, 0.4) is 0 Å². The van der Waals surface area contributed by atoms with E-state index in [1.165, 1.54) is 11.1 Å². The second kappa shape index (κ2) is 10.4. The molecule has 2 aliphatic rings. The van der Waals surface area contributed by atoms with Gasteiger partial charge in [0.05, 0.1) is 19.3 Å². The molecule has 6 heteroatoms. The highest BCUT2D eigenvalue weighted by molar-refractivity contribution is 14.0. The lowest BCUT2D eigenvalue weighted by Crippen LogP contribution is -2.72. The van der Waals surface area contributed by atoms with E-state index >= 15 is 0 Å². The molecule has 2 saturated heterocycles. The molecule has 0 bridgehead atoms. The molecule has 29 heavy (non-hydrogen) atoms. The van der Waals surface area contributed by atoms with Crippen LogP contribution in [0.25, 0.3) is 0 Å². The van der Waals surface area contributed by atoms with Gasteiger partial charge in [0.1, 0.15) is 0 Å². The van der Waals surface area contributed by atoms with Gasteiger partial charge in [0.15, 0.2) is 5.96 Å². The number of hydrogen-bond acceptors (Lipinski definition) is 3. The summed E-state index contributed by atoms with van der Waals surface area (Å²) < 4.78 is 11.4. The van der Waals surface area contributed by atoms with Gasteiger partial charge in [0, 0.05) is 37.3 Å². The first kappa shape index (κ1) is 24.4. The average Bonchev–Trinajstić information content (AvgIpc) is 2.69. The van der Waals surface area contributed by atoms with E-state index < -0.39 is 0 Å². The van der Waals surface area contributed by atoms with E-state index in [-0.39, 0.29) is 29.5 Å². The quantitative estimate of drug-likeness (QED) is 0.342. The van der Waals surface area contributed by atoms with Crippen molar-refractivity contribution in [3.05, 3.63) is 35.4 Å². The van der Waals surface area contributed by atoms with Gasteiger partial charge in [-0.3, -0.25) is 0 Å². The second-order valence-electron chi connectivity index (χ2n) is 9.14. The Labute approximate surface area is 193 Å². The molecule has 0 saturated carbocycles. The van der Waals surface area contributed by atoms with Gasteiger partial charge < -0.3 is 19.7 Å². The molecule has 2 fully saturated rings. The SMILES string of the molecule is CCNC(=NCc1ccc(COC2CCOCC2)cc1)N1CC(C)(C)C1(C)C.I. The molecule has 164 valence electrons. The van der Waals surface area contributed by atoms with Gasteiger partial charge in [0.25, 0.3) is 0 Å². The van der Waals surface area contributed by atoms with Crippen molar-refractivity contribution in [1.82, 2.24) is 10.2 Å². The lowest BCUT2D eigenvalue weighted by Gasteiger charge is -2.62. The van der Waals surface area contributed by atoms with Gasteiger partial charge in [-0.05, 0) is 44.7 Å². The molecule has 2 aliphatic heterocycles. The van der Waals surface area contributed by atoms with Crippen molar-refractivity contribution in [3.63, 3.8) is 0 Å². The standard InChI is InChI=1S/C23H37N3O2.HI/c1-6-24-21(26-17-22(2,3)23(26,4)5)25-15-18-7-9-19(10-8-18)16-28-20-11-13-27-14-12-20;/h7-10,20H,6,11-17H2,1-5H3,(H,24,25);1H. The van der Waals surface area contributed by atoms with E-state index in [0.717, 1.165) is 45.1 Å². The number of rotatable bonds is 6. The summed E-state index contributed by atoms with van der Waals surface area (Å²) in [5.41, 5.74) is 2.86. The highest BCUT2D eigenvalue weighted by Gasteiger charge is 2.53. The maximum Gasteiger partial charge on any atom is 0.194 e. The number of hydrogen-bond donors (Lipinski definition) is 1. The molecule has 1 aromatic carbocycles. The molecule has 0 atom stereocenters. The minimum atomic E-state index is 0. The third-order valence-corrected chi connectivity index (χ3v) is 6.56. The molecule has 2 heterocycles. The summed E-state index contributed by atoms with van der Waals surface area (Å²) in [6.45, 7) is 16.3. The molecule has 0 radical (unpaired) electrons. The molecule has 0 aliphatic carbocycles. The number of guanidine groups is 1. The molecule has 1 N–H and O–H groups in total. The summed E-state index contributed by atoms with van der Waals surface area (Å²) in [5.74, 6) is 1.01. The average molecular weight is 515 g/mol. The Morgan fingerprint density at radius 1 is 1.14 bits per heavy atom. The zero-order chi connectivity index (χ0) is 20.2. The maximum absolute atomic E-state index is 6.01. The topological polar surface area (TPSA) is 46.1 Å². The van der Waals surface area contributed by atoms with Crippen LogP contribution < -0.4 is 5.32 Å². The van der Waals surface area contributed by atoms with Crippen LogP contribution in [-0.4, -0.2) is 48.8 Å². The van der Waals surface area contributed by atoms with Crippen LogP contribution >= 0.6 is 24.0 Å². The van der Waals surface area contributed by atoms with E-state index in [1.54, 1.807) is 0 Å². The minimum absolute atomic E-state index is 0. The molecule has 0 unspecified atom stereocenters. The number of ether oxygens (including phenoxy) is 2. The zero-order valence-electron chi connectivity index (χ0n) is 18.7. The van der Waals surface area contributed by atoms with Crippen molar-refractivity contribution in [3.8, 4) is 0 Å². The van der Waals surface area contributed by atoms with Crippen molar-refractivity contribution in [1.29, 1.82) is 0 Å². The van der Waals surface area contributed by atoms with E-state index in [0.29, 0.717) is 24.7 Å². The molecular formula is C23H38IN3O2. The largest absolute Gasteiger partial charge is 0.381 e. The Hall–Kier alpha value is -0.860. The van der Waals surface area contributed by atoms with E-state index in [9.17, 15) is 0 Å².